The standard InChI is InChI=1S/C17H24FN3O3/c1-3-14(24-15-7-4-6-13(18)10-15)11-20-17(23)21-9-5-8-19-16(22)12(21)2/h4,6-7,10,12,14H,3,5,8-9,11H2,1-2H3,(H,19,22)(H,20,23)/t12-,14-/m1/s1. The number of rotatable bonds is 5. The van der Waals surface area contributed by atoms with Crippen molar-refractivity contribution in [1.29, 1.82) is 0 Å². The monoisotopic (exact) mass is 337 g/mol. The van der Waals surface area contributed by atoms with E-state index in [4.69, 9.17) is 4.74 Å². The Kier molecular flexibility index (Phi) is 6.40. The molecule has 3 amide bonds. The summed E-state index contributed by atoms with van der Waals surface area (Å²) in [5.41, 5.74) is 0. The maximum absolute atomic E-state index is 13.2. The molecule has 0 aromatic heterocycles. The number of hydrogen-bond donors (Lipinski definition) is 2. The van der Waals surface area contributed by atoms with Gasteiger partial charge in [-0.3, -0.25) is 4.79 Å². The summed E-state index contributed by atoms with van der Waals surface area (Å²) < 4.78 is 18.9. The van der Waals surface area contributed by atoms with Crippen LogP contribution in [-0.4, -0.2) is 48.6 Å². The summed E-state index contributed by atoms with van der Waals surface area (Å²) >= 11 is 0. The molecule has 0 saturated carbocycles. The zero-order valence-electron chi connectivity index (χ0n) is 14.0. The van der Waals surface area contributed by atoms with Gasteiger partial charge in [0.15, 0.2) is 0 Å². The van der Waals surface area contributed by atoms with E-state index in [-0.39, 0.29) is 30.4 Å². The molecule has 24 heavy (non-hydrogen) atoms. The molecule has 1 fully saturated rings. The fourth-order valence-electron chi connectivity index (χ4n) is 2.53. The zero-order valence-corrected chi connectivity index (χ0v) is 14.0. The van der Waals surface area contributed by atoms with E-state index in [0.717, 1.165) is 6.42 Å². The predicted molar refractivity (Wildman–Crippen MR) is 88.3 cm³/mol. The molecule has 1 heterocycles. The largest absolute Gasteiger partial charge is 0.489 e. The van der Waals surface area contributed by atoms with Crippen LogP contribution in [0.4, 0.5) is 9.18 Å². The summed E-state index contributed by atoms with van der Waals surface area (Å²) in [4.78, 5) is 25.7. The van der Waals surface area contributed by atoms with Crippen molar-refractivity contribution in [3.05, 3.63) is 30.1 Å². The average molecular weight is 337 g/mol. The van der Waals surface area contributed by atoms with Gasteiger partial charge in [0.25, 0.3) is 0 Å². The summed E-state index contributed by atoms with van der Waals surface area (Å²) in [6.45, 7) is 5.02. The Morgan fingerprint density at radius 3 is 3.04 bits per heavy atom. The van der Waals surface area contributed by atoms with E-state index < -0.39 is 6.04 Å². The zero-order chi connectivity index (χ0) is 17.5. The van der Waals surface area contributed by atoms with Gasteiger partial charge in [0, 0.05) is 19.2 Å². The van der Waals surface area contributed by atoms with Crippen molar-refractivity contribution in [2.45, 2.75) is 38.8 Å². The molecular formula is C17H24FN3O3. The van der Waals surface area contributed by atoms with Crippen molar-refractivity contribution in [2.24, 2.45) is 0 Å². The number of nitrogens with one attached hydrogen (secondary N) is 2. The Labute approximate surface area is 141 Å². The summed E-state index contributed by atoms with van der Waals surface area (Å²) in [6.07, 6.45) is 1.11. The van der Waals surface area contributed by atoms with Crippen LogP contribution in [0.15, 0.2) is 24.3 Å². The van der Waals surface area contributed by atoms with Gasteiger partial charge in [-0.05, 0) is 31.9 Å². The van der Waals surface area contributed by atoms with Crippen LogP contribution in [0.5, 0.6) is 5.75 Å². The van der Waals surface area contributed by atoms with Crippen LogP contribution >= 0.6 is 0 Å². The number of benzene rings is 1. The van der Waals surface area contributed by atoms with Crippen LogP contribution in [0.2, 0.25) is 0 Å². The van der Waals surface area contributed by atoms with Crippen LogP contribution in [0.25, 0.3) is 0 Å². The number of carbonyl (C=O) groups is 2. The molecule has 7 heteroatoms. The molecule has 2 N–H and O–H groups in total. The first-order valence-electron chi connectivity index (χ1n) is 8.25. The Morgan fingerprint density at radius 2 is 2.33 bits per heavy atom. The number of nitrogens with zero attached hydrogens (tertiary/aromatic N) is 1. The normalized spacial score (nSPS) is 19.2. The maximum atomic E-state index is 13.2. The second kappa shape index (κ2) is 8.52. The first kappa shape index (κ1) is 18.0. The van der Waals surface area contributed by atoms with Crippen LogP contribution in [-0.2, 0) is 4.79 Å². The van der Waals surface area contributed by atoms with Gasteiger partial charge in [0.2, 0.25) is 5.91 Å². The molecular weight excluding hydrogens is 313 g/mol. The quantitative estimate of drug-likeness (QED) is 0.862. The minimum absolute atomic E-state index is 0.147. The third kappa shape index (κ3) is 4.84. The number of amides is 3. The van der Waals surface area contributed by atoms with E-state index in [0.29, 0.717) is 25.3 Å². The Hall–Kier alpha value is -2.31. The third-order valence-electron chi connectivity index (χ3n) is 4.02. The lowest BCUT2D eigenvalue weighted by Gasteiger charge is -2.27. The van der Waals surface area contributed by atoms with Crippen LogP contribution in [0, 0.1) is 5.82 Å². The number of ether oxygens (including phenoxy) is 1. The van der Waals surface area contributed by atoms with Crippen molar-refractivity contribution in [3.8, 4) is 5.75 Å². The van der Waals surface area contributed by atoms with Gasteiger partial charge in [0.05, 0.1) is 6.54 Å². The van der Waals surface area contributed by atoms with E-state index in [2.05, 4.69) is 10.6 Å². The van der Waals surface area contributed by atoms with Gasteiger partial charge in [-0.1, -0.05) is 13.0 Å². The van der Waals surface area contributed by atoms with Crippen molar-refractivity contribution in [2.75, 3.05) is 19.6 Å². The molecule has 1 aliphatic rings. The number of halogens is 1. The Balaban J connectivity index is 1.89. The van der Waals surface area contributed by atoms with Gasteiger partial charge in [-0.25, -0.2) is 9.18 Å². The second-order valence-corrected chi connectivity index (χ2v) is 5.81. The average Bonchev–Trinajstić information content (AvgIpc) is 2.73. The van der Waals surface area contributed by atoms with Crippen LogP contribution in [0.1, 0.15) is 26.7 Å². The van der Waals surface area contributed by atoms with E-state index in [9.17, 15) is 14.0 Å². The Bertz CT molecular complexity index is 582. The first-order chi connectivity index (χ1) is 11.5. The number of urea groups is 1. The van der Waals surface area contributed by atoms with Crippen molar-refractivity contribution in [1.82, 2.24) is 15.5 Å². The fourth-order valence-corrected chi connectivity index (χ4v) is 2.53. The third-order valence-corrected chi connectivity index (χ3v) is 4.02. The molecule has 1 aliphatic heterocycles. The highest BCUT2D eigenvalue weighted by molar-refractivity contribution is 5.87. The fraction of sp³-hybridized carbons (Fsp3) is 0.529. The smallest absolute Gasteiger partial charge is 0.318 e. The van der Waals surface area contributed by atoms with Gasteiger partial charge in [-0.15, -0.1) is 0 Å². The summed E-state index contributed by atoms with van der Waals surface area (Å²) in [6, 6.07) is 5.12. The number of carbonyl (C=O) groups excluding carboxylic acids is 2. The minimum Gasteiger partial charge on any atom is -0.489 e. The molecule has 2 atom stereocenters. The molecule has 2 rings (SSSR count). The van der Waals surface area contributed by atoms with Crippen LogP contribution < -0.4 is 15.4 Å². The lowest BCUT2D eigenvalue weighted by molar-refractivity contribution is -0.124. The van der Waals surface area contributed by atoms with Crippen LogP contribution in [0.3, 0.4) is 0 Å². The summed E-state index contributed by atoms with van der Waals surface area (Å²) in [7, 11) is 0. The molecule has 0 radical (unpaired) electrons. The number of hydrogen-bond acceptors (Lipinski definition) is 3. The highest BCUT2D eigenvalue weighted by Gasteiger charge is 2.27. The molecule has 1 aromatic carbocycles. The minimum atomic E-state index is -0.503. The molecule has 6 nitrogen and oxygen atoms in total. The summed E-state index contributed by atoms with van der Waals surface area (Å²) in [5.74, 6) is -0.0832. The molecule has 0 spiro atoms. The van der Waals surface area contributed by atoms with Gasteiger partial charge in [-0.2, -0.15) is 0 Å². The molecule has 1 saturated heterocycles. The molecule has 0 unspecified atom stereocenters. The first-order valence-corrected chi connectivity index (χ1v) is 8.25. The lowest BCUT2D eigenvalue weighted by atomic mass is 10.2. The van der Waals surface area contributed by atoms with Crippen molar-refractivity contribution >= 4 is 11.9 Å². The topological polar surface area (TPSA) is 70.7 Å². The van der Waals surface area contributed by atoms with E-state index in [1.54, 1.807) is 19.1 Å². The Morgan fingerprint density at radius 1 is 1.54 bits per heavy atom. The highest BCUT2D eigenvalue weighted by atomic mass is 19.1. The van der Waals surface area contributed by atoms with Gasteiger partial charge < -0.3 is 20.3 Å². The second-order valence-electron chi connectivity index (χ2n) is 5.81. The lowest BCUT2D eigenvalue weighted by Crippen LogP contribution is -2.50. The molecule has 0 aliphatic carbocycles. The van der Waals surface area contributed by atoms with Gasteiger partial charge in [0.1, 0.15) is 23.7 Å². The van der Waals surface area contributed by atoms with Gasteiger partial charge >= 0.3 is 6.03 Å². The van der Waals surface area contributed by atoms with E-state index >= 15 is 0 Å². The predicted octanol–water partition coefficient (Wildman–Crippen LogP) is 1.90. The van der Waals surface area contributed by atoms with Crippen molar-refractivity contribution in [3.63, 3.8) is 0 Å². The van der Waals surface area contributed by atoms with E-state index in [1.165, 1.54) is 17.0 Å². The summed E-state index contributed by atoms with van der Waals surface area (Å²) in [5, 5.41) is 5.58. The SMILES string of the molecule is CC[C@H](CNC(=O)N1CCCNC(=O)[C@H]1C)Oc1cccc(F)c1. The van der Waals surface area contributed by atoms with E-state index in [1.807, 2.05) is 6.92 Å². The molecule has 132 valence electrons. The van der Waals surface area contributed by atoms with Crippen molar-refractivity contribution < 1.29 is 18.7 Å². The molecule has 1 aromatic rings. The highest BCUT2D eigenvalue weighted by Crippen LogP contribution is 2.15. The maximum Gasteiger partial charge on any atom is 0.318 e. The molecule has 0 bridgehead atoms.